The molecule has 1 aliphatic rings. The van der Waals surface area contributed by atoms with Crippen LogP contribution in [0.25, 0.3) is 10.8 Å². The maximum absolute atomic E-state index is 12.9. The molecule has 4 rings (SSSR count). The van der Waals surface area contributed by atoms with Crippen LogP contribution in [0, 0.1) is 6.92 Å². The van der Waals surface area contributed by atoms with E-state index in [-0.39, 0.29) is 17.2 Å². The number of piperazine rings is 1. The SMILES string of the molecule is Cc1csc(N2CCN(C(=O)c3cc(Cl)c4ccccc4c3O)CC2)n1. The molecule has 1 aromatic heterocycles. The standard InChI is InChI=1S/C19H18ClN3O2S/c1-12-11-26-19(21-12)23-8-6-22(7-9-23)18(25)15-10-16(20)13-4-2-3-5-14(13)17(15)24/h2-5,10-11,24H,6-9H2,1H3. The number of carbonyl (C=O) groups excluding carboxylic acids is 1. The van der Waals surface area contributed by atoms with E-state index < -0.39 is 0 Å². The van der Waals surface area contributed by atoms with E-state index in [1.807, 2.05) is 30.5 Å². The molecule has 2 heterocycles. The summed E-state index contributed by atoms with van der Waals surface area (Å²) in [6.07, 6.45) is 0. The van der Waals surface area contributed by atoms with Crippen LogP contribution in [0.3, 0.4) is 0 Å². The van der Waals surface area contributed by atoms with Gasteiger partial charge in [-0.25, -0.2) is 4.98 Å². The molecule has 0 aliphatic carbocycles. The number of carbonyl (C=O) groups is 1. The molecule has 1 fully saturated rings. The molecule has 2 aromatic carbocycles. The van der Waals surface area contributed by atoms with Gasteiger partial charge in [0.2, 0.25) is 0 Å². The van der Waals surface area contributed by atoms with Crippen molar-refractivity contribution < 1.29 is 9.90 Å². The Hall–Kier alpha value is -2.31. The van der Waals surface area contributed by atoms with Crippen LogP contribution in [-0.4, -0.2) is 47.1 Å². The Morgan fingerprint density at radius 1 is 1.19 bits per heavy atom. The molecular weight excluding hydrogens is 370 g/mol. The van der Waals surface area contributed by atoms with Crippen LogP contribution in [0.2, 0.25) is 5.02 Å². The predicted molar refractivity (Wildman–Crippen MR) is 106 cm³/mol. The number of anilines is 1. The van der Waals surface area contributed by atoms with Crippen molar-refractivity contribution in [2.24, 2.45) is 0 Å². The normalized spacial score (nSPS) is 14.8. The van der Waals surface area contributed by atoms with Crippen molar-refractivity contribution in [2.45, 2.75) is 6.92 Å². The molecule has 7 heteroatoms. The van der Waals surface area contributed by atoms with E-state index in [9.17, 15) is 9.90 Å². The van der Waals surface area contributed by atoms with Crippen molar-refractivity contribution in [2.75, 3.05) is 31.1 Å². The Morgan fingerprint density at radius 2 is 1.88 bits per heavy atom. The topological polar surface area (TPSA) is 56.7 Å². The fourth-order valence-corrected chi connectivity index (χ4v) is 4.37. The van der Waals surface area contributed by atoms with Crippen LogP contribution in [0.1, 0.15) is 16.1 Å². The first-order valence-electron chi connectivity index (χ1n) is 8.41. The number of hydrogen-bond acceptors (Lipinski definition) is 5. The average Bonchev–Trinajstić information content (AvgIpc) is 3.11. The summed E-state index contributed by atoms with van der Waals surface area (Å²) >= 11 is 7.95. The van der Waals surface area contributed by atoms with Gasteiger partial charge in [0.1, 0.15) is 5.75 Å². The second kappa shape index (κ2) is 6.78. The van der Waals surface area contributed by atoms with Crippen LogP contribution in [-0.2, 0) is 0 Å². The lowest BCUT2D eigenvalue weighted by Gasteiger charge is -2.34. The number of phenolic OH excluding ortho intramolecular Hbond substituents is 1. The largest absolute Gasteiger partial charge is 0.506 e. The van der Waals surface area contributed by atoms with Gasteiger partial charge < -0.3 is 14.9 Å². The van der Waals surface area contributed by atoms with Gasteiger partial charge in [-0.3, -0.25) is 4.79 Å². The summed E-state index contributed by atoms with van der Waals surface area (Å²) in [4.78, 5) is 21.4. The van der Waals surface area contributed by atoms with E-state index in [0.29, 0.717) is 23.5 Å². The smallest absolute Gasteiger partial charge is 0.257 e. The highest BCUT2D eigenvalue weighted by Crippen LogP contribution is 2.35. The lowest BCUT2D eigenvalue weighted by Crippen LogP contribution is -2.48. The van der Waals surface area contributed by atoms with Crippen molar-refractivity contribution in [3.05, 3.63) is 52.0 Å². The maximum Gasteiger partial charge on any atom is 0.257 e. The predicted octanol–water partition coefficient (Wildman–Crippen LogP) is 3.93. The molecule has 0 spiro atoms. The Morgan fingerprint density at radius 3 is 2.54 bits per heavy atom. The van der Waals surface area contributed by atoms with Crippen LogP contribution < -0.4 is 4.90 Å². The summed E-state index contributed by atoms with van der Waals surface area (Å²) in [6.45, 7) is 4.59. The zero-order valence-corrected chi connectivity index (χ0v) is 15.8. The van der Waals surface area contributed by atoms with Gasteiger partial charge in [-0.1, -0.05) is 35.9 Å². The first-order chi connectivity index (χ1) is 12.5. The first kappa shape index (κ1) is 17.1. The van der Waals surface area contributed by atoms with E-state index in [2.05, 4.69) is 9.88 Å². The second-order valence-electron chi connectivity index (χ2n) is 6.35. The number of rotatable bonds is 2. The molecule has 0 radical (unpaired) electrons. The Kier molecular flexibility index (Phi) is 4.46. The first-order valence-corrected chi connectivity index (χ1v) is 9.67. The molecule has 0 atom stereocenters. The van der Waals surface area contributed by atoms with E-state index in [0.717, 1.165) is 29.3 Å². The van der Waals surface area contributed by atoms with Gasteiger partial charge in [0.25, 0.3) is 5.91 Å². The highest BCUT2D eigenvalue weighted by atomic mass is 35.5. The van der Waals surface area contributed by atoms with Gasteiger partial charge in [-0.15, -0.1) is 11.3 Å². The van der Waals surface area contributed by atoms with Crippen molar-refractivity contribution >= 4 is 44.7 Å². The molecule has 1 N–H and O–H groups in total. The Bertz CT molecular complexity index is 980. The molecule has 0 bridgehead atoms. The molecule has 1 aliphatic heterocycles. The number of nitrogens with zero attached hydrogens (tertiary/aromatic N) is 3. The Balaban J connectivity index is 1.55. The maximum atomic E-state index is 12.9. The Labute approximate surface area is 160 Å². The fourth-order valence-electron chi connectivity index (χ4n) is 3.24. The molecule has 0 saturated carbocycles. The third-order valence-electron chi connectivity index (χ3n) is 4.64. The summed E-state index contributed by atoms with van der Waals surface area (Å²) in [5, 5.41) is 15.4. The zero-order valence-electron chi connectivity index (χ0n) is 14.3. The molecule has 26 heavy (non-hydrogen) atoms. The van der Waals surface area contributed by atoms with Crippen LogP contribution >= 0.6 is 22.9 Å². The summed E-state index contributed by atoms with van der Waals surface area (Å²) in [5.41, 5.74) is 1.27. The molecule has 3 aromatic rings. The minimum atomic E-state index is -0.190. The summed E-state index contributed by atoms with van der Waals surface area (Å²) in [6, 6.07) is 8.85. The van der Waals surface area contributed by atoms with Gasteiger partial charge in [0.05, 0.1) is 11.3 Å². The molecule has 0 unspecified atom stereocenters. The number of phenols is 1. The molecule has 134 valence electrons. The van der Waals surface area contributed by atoms with E-state index in [4.69, 9.17) is 11.6 Å². The van der Waals surface area contributed by atoms with Gasteiger partial charge >= 0.3 is 0 Å². The van der Waals surface area contributed by atoms with E-state index >= 15 is 0 Å². The number of aromatic nitrogens is 1. The van der Waals surface area contributed by atoms with E-state index in [1.54, 1.807) is 28.4 Å². The molecule has 1 amide bonds. The third-order valence-corrected chi connectivity index (χ3v) is 5.97. The highest BCUT2D eigenvalue weighted by molar-refractivity contribution is 7.13. The van der Waals surface area contributed by atoms with Gasteiger partial charge in [-0.05, 0) is 13.0 Å². The monoisotopic (exact) mass is 387 g/mol. The van der Waals surface area contributed by atoms with Crippen molar-refractivity contribution in [3.63, 3.8) is 0 Å². The number of amides is 1. The molecule has 5 nitrogen and oxygen atoms in total. The number of aryl methyl sites for hydroxylation is 1. The average molecular weight is 388 g/mol. The minimum absolute atomic E-state index is 0.00650. The van der Waals surface area contributed by atoms with E-state index in [1.165, 1.54) is 0 Å². The highest BCUT2D eigenvalue weighted by Gasteiger charge is 2.26. The number of thiazole rings is 1. The number of hydrogen-bond donors (Lipinski definition) is 1. The minimum Gasteiger partial charge on any atom is -0.506 e. The number of benzene rings is 2. The summed E-state index contributed by atoms with van der Waals surface area (Å²) in [5.74, 6) is -0.196. The van der Waals surface area contributed by atoms with Gasteiger partial charge in [0.15, 0.2) is 5.13 Å². The third kappa shape index (κ3) is 2.99. The van der Waals surface area contributed by atoms with Crippen molar-refractivity contribution in [1.82, 2.24) is 9.88 Å². The molecule has 1 saturated heterocycles. The zero-order chi connectivity index (χ0) is 18.3. The number of aromatic hydroxyl groups is 1. The second-order valence-corrected chi connectivity index (χ2v) is 7.59. The van der Waals surface area contributed by atoms with Gasteiger partial charge in [0, 0.05) is 47.4 Å². The van der Waals surface area contributed by atoms with Crippen LogP contribution in [0.5, 0.6) is 5.75 Å². The lowest BCUT2D eigenvalue weighted by molar-refractivity contribution is 0.0744. The quantitative estimate of drug-likeness (QED) is 0.724. The molecular formula is C19H18ClN3O2S. The van der Waals surface area contributed by atoms with Crippen molar-refractivity contribution in [1.29, 1.82) is 0 Å². The number of halogens is 1. The fraction of sp³-hybridized carbons (Fsp3) is 0.263. The lowest BCUT2D eigenvalue weighted by atomic mass is 10.0. The summed E-state index contributed by atoms with van der Waals surface area (Å²) in [7, 11) is 0. The van der Waals surface area contributed by atoms with Crippen molar-refractivity contribution in [3.8, 4) is 5.75 Å². The summed E-state index contributed by atoms with van der Waals surface area (Å²) < 4.78 is 0. The van der Waals surface area contributed by atoms with Gasteiger partial charge in [-0.2, -0.15) is 0 Å². The van der Waals surface area contributed by atoms with Crippen LogP contribution in [0.4, 0.5) is 5.13 Å². The number of fused-ring (bicyclic) bond motifs is 1. The van der Waals surface area contributed by atoms with Crippen LogP contribution in [0.15, 0.2) is 35.7 Å².